The predicted molar refractivity (Wildman–Crippen MR) is 95.7 cm³/mol. The normalized spacial score (nSPS) is 17.7. The summed E-state index contributed by atoms with van der Waals surface area (Å²) >= 11 is -0.826. The van der Waals surface area contributed by atoms with Crippen molar-refractivity contribution in [2.75, 3.05) is 0 Å². The molecule has 4 rings (SSSR count). The summed E-state index contributed by atoms with van der Waals surface area (Å²) in [6.45, 7) is 0. The Balaban J connectivity index is 0.000000485. The first-order chi connectivity index (χ1) is 11.3. The number of allylic oxidation sites excluding steroid dienone is 5. The summed E-state index contributed by atoms with van der Waals surface area (Å²) in [4.78, 5) is 0. The van der Waals surface area contributed by atoms with Crippen LogP contribution in [0.5, 0.6) is 0 Å². The van der Waals surface area contributed by atoms with Gasteiger partial charge in [-0.05, 0) is 23.1 Å². The molecule has 2 aromatic rings. The van der Waals surface area contributed by atoms with Crippen LogP contribution in [0.2, 0.25) is 0 Å². The number of rotatable bonds is 2. The summed E-state index contributed by atoms with van der Waals surface area (Å²) in [5, 5.41) is 0. The Labute approximate surface area is 156 Å². The van der Waals surface area contributed by atoms with Crippen molar-refractivity contribution in [1.29, 1.82) is 0 Å². The van der Waals surface area contributed by atoms with E-state index in [4.69, 9.17) is 17.0 Å². The van der Waals surface area contributed by atoms with Gasteiger partial charge < -0.3 is 0 Å². The SMILES string of the molecule is [Cl][Zr][Cl].[c-]1ccc(C2=CC(C3=Cc4ccccc4C3)C=C2)cc1. The Morgan fingerprint density at radius 3 is 2.52 bits per heavy atom. The molecule has 2 aliphatic rings. The van der Waals surface area contributed by atoms with Crippen LogP contribution in [0, 0.1) is 12.0 Å². The van der Waals surface area contributed by atoms with Crippen molar-refractivity contribution < 1.29 is 20.8 Å². The van der Waals surface area contributed by atoms with Gasteiger partial charge in [-0.2, -0.15) is 30.3 Å². The molecule has 0 aliphatic heterocycles. The Morgan fingerprint density at radius 2 is 1.78 bits per heavy atom. The fraction of sp³-hybridized carbons (Fsp3) is 0.100. The smallest absolute Gasteiger partial charge is 0.0175 e. The molecule has 0 heterocycles. The average molecular weight is 417 g/mol. The van der Waals surface area contributed by atoms with E-state index in [2.05, 4.69) is 66.8 Å². The second kappa shape index (κ2) is 8.29. The van der Waals surface area contributed by atoms with E-state index in [0.717, 1.165) is 6.42 Å². The molecular weight excluding hydrogens is 402 g/mol. The van der Waals surface area contributed by atoms with E-state index >= 15 is 0 Å². The van der Waals surface area contributed by atoms with Gasteiger partial charge in [-0.15, -0.1) is 5.56 Å². The monoisotopic (exact) mass is 415 g/mol. The molecule has 0 bridgehead atoms. The van der Waals surface area contributed by atoms with Gasteiger partial charge in [0.05, 0.1) is 0 Å². The van der Waals surface area contributed by atoms with Crippen LogP contribution in [-0.2, 0) is 27.3 Å². The van der Waals surface area contributed by atoms with E-state index in [9.17, 15) is 0 Å². The van der Waals surface area contributed by atoms with Crippen LogP contribution < -0.4 is 0 Å². The van der Waals surface area contributed by atoms with Gasteiger partial charge in [0.1, 0.15) is 0 Å². The van der Waals surface area contributed by atoms with E-state index in [1.807, 2.05) is 12.1 Å². The minimum Gasteiger partial charge on any atom is -0.184 e. The summed E-state index contributed by atoms with van der Waals surface area (Å²) in [5.41, 5.74) is 6.93. The topological polar surface area (TPSA) is 0 Å². The van der Waals surface area contributed by atoms with Crippen molar-refractivity contribution in [2.45, 2.75) is 6.42 Å². The molecule has 2 aliphatic carbocycles. The maximum Gasteiger partial charge on any atom is 0.0175 e. The van der Waals surface area contributed by atoms with E-state index in [0.29, 0.717) is 5.92 Å². The summed E-state index contributed by atoms with van der Waals surface area (Å²) in [6, 6.07) is 19.9. The van der Waals surface area contributed by atoms with Crippen molar-refractivity contribution in [1.82, 2.24) is 0 Å². The summed E-state index contributed by atoms with van der Waals surface area (Å²) < 4.78 is 0. The summed E-state index contributed by atoms with van der Waals surface area (Å²) in [6.07, 6.45) is 10.3. The van der Waals surface area contributed by atoms with Crippen molar-refractivity contribution >= 4 is 28.7 Å². The second-order valence-electron chi connectivity index (χ2n) is 5.46. The van der Waals surface area contributed by atoms with Gasteiger partial charge in [0.2, 0.25) is 0 Å². The van der Waals surface area contributed by atoms with Crippen LogP contribution in [0.3, 0.4) is 0 Å². The maximum absolute atomic E-state index is 4.93. The van der Waals surface area contributed by atoms with Crippen LogP contribution in [-0.4, -0.2) is 0 Å². The third kappa shape index (κ3) is 4.15. The van der Waals surface area contributed by atoms with Crippen LogP contribution in [0.15, 0.2) is 72.3 Å². The van der Waals surface area contributed by atoms with Gasteiger partial charge in [0.15, 0.2) is 0 Å². The minimum atomic E-state index is -0.826. The fourth-order valence-electron chi connectivity index (χ4n) is 3.04. The third-order valence-corrected chi connectivity index (χ3v) is 4.11. The molecule has 23 heavy (non-hydrogen) atoms. The molecule has 114 valence electrons. The number of hydrogen-bond acceptors (Lipinski definition) is 0. The molecule has 3 heteroatoms. The van der Waals surface area contributed by atoms with Gasteiger partial charge in [0.25, 0.3) is 0 Å². The minimum absolute atomic E-state index is 0.446. The van der Waals surface area contributed by atoms with Gasteiger partial charge in [-0.1, -0.05) is 54.1 Å². The van der Waals surface area contributed by atoms with Crippen LogP contribution in [0.1, 0.15) is 16.7 Å². The maximum atomic E-state index is 4.93. The molecule has 0 nitrogen and oxygen atoms in total. The van der Waals surface area contributed by atoms with Crippen LogP contribution in [0.25, 0.3) is 11.6 Å². The predicted octanol–water partition coefficient (Wildman–Crippen LogP) is 6.07. The quantitative estimate of drug-likeness (QED) is 0.520. The van der Waals surface area contributed by atoms with E-state index < -0.39 is 20.8 Å². The molecule has 0 saturated heterocycles. The molecule has 0 N–H and O–H groups in total. The standard InChI is InChI=1S/C20H15.2ClH.Zr/c1-2-6-15(7-3-1)18-10-11-19(12-18)20-13-16-8-4-5-9-17(16)14-20;;;/h2-13,19H,14H2;2*1H;/q-1;;;+2/p-2. The van der Waals surface area contributed by atoms with E-state index in [-0.39, 0.29) is 0 Å². The average Bonchev–Trinajstić information content (AvgIpc) is 3.23. The molecule has 0 amide bonds. The molecule has 1 atom stereocenters. The Bertz CT molecular complexity index is 760. The molecule has 0 saturated carbocycles. The van der Waals surface area contributed by atoms with Crippen molar-refractivity contribution in [3.63, 3.8) is 0 Å². The third-order valence-electron chi connectivity index (χ3n) is 4.11. The molecule has 0 spiro atoms. The van der Waals surface area contributed by atoms with Crippen LogP contribution >= 0.6 is 17.0 Å². The Kier molecular flexibility index (Phi) is 6.11. The number of fused-ring (bicyclic) bond motifs is 1. The molecule has 0 radical (unpaired) electrons. The molecule has 1 unspecified atom stereocenters. The van der Waals surface area contributed by atoms with Gasteiger partial charge in [-0.3, -0.25) is 0 Å². The summed E-state index contributed by atoms with van der Waals surface area (Å²) in [7, 11) is 9.87. The fourth-order valence-corrected chi connectivity index (χ4v) is 3.04. The number of hydrogen-bond donors (Lipinski definition) is 0. The van der Waals surface area contributed by atoms with E-state index in [1.54, 1.807) is 0 Å². The van der Waals surface area contributed by atoms with Gasteiger partial charge >= 0.3 is 37.9 Å². The van der Waals surface area contributed by atoms with E-state index in [1.165, 1.54) is 27.8 Å². The number of benzene rings is 2. The molecule has 0 fully saturated rings. The molecule has 2 aromatic carbocycles. The zero-order chi connectivity index (χ0) is 16.1. The Morgan fingerprint density at radius 1 is 1.04 bits per heavy atom. The van der Waals surface area contributed by atoms with Crippen LogP contribution in [0.4, 0.5) is 0 Å². The first-order valence-corrected chi connectivity index (χ1v) is 13.8. The number of halogens is 2. The first-order valence-electron chi connectivity index (χ1n) is 7.43. The first kappa shape index (κ1) is 17.0. The largest absolute Gasteiger partial charge is 0.184 e. The van der Waals surface area contributed by atoms with Crippen molar-refractivity contribution in [3.8, 4) is 0 Å². The van der Waals surface area contributed by atoms with Gasteiger partial charge in [-0.25, -0.2) is 0 Å². The van der Waals surface area contributed by atoms with Gasteiger partial charge in [0, 0.05) is 5.92 Å². The van der Waals surface area contributed by atoms with Crippen molar-refractivity contribution in [2.24, 2.45) is 5.92 Å². The zero-order valence-electron chi connectivity index (χ0n) is 12.5. The Hall–Kier alpha value is -0.877. The summed E-state index contributed by atoms with van der Waals surface area (Å²) in [5.74, 6) is 0.446. The molecular formula is C20H15Cl2Zr-. The molecule has 0 aromatic heterocycles. The van der Waals surface area contributed by atoms with Crippen molar-refractivity contribution in [3.05, 3.63) is 95.1 Å². The second-order valence-corrected chi connectivity index (χ2v) is 9.19. The zero-order valence-corrected chi connectivity index (χ0v) is 16.4.